The van der Waals surface area contributed by atoms with Crippen molar-refractivity contribution in [1.82, 2.24) is 9.55 Å². The molecule has 0 atom stereocenters. The quantitative estimate of drug-likeness (QED) is 0.685. The molecular formula is C20H21N3O2. The van der Waals surface area contributed by atoms with E-state index in [0.29, 0.717) is 23.6 Å². The lowest BCUT2D eigenvalue weighted by molar-refractivity contribution is 0.355. The Labute approximate surface area is 147 Å². The molecule has 3 rings (SSSR count). The molecule has 0 saturated heterocycles. The highest BCUT2D eigenvalue weighted by Crippen LogP contribution is 2.33. The predicted molar refractivity (Wildman–Crippen MR) is 97.1 cm³/mol. The summed E-state index contributed by atoms with van der Waals surface area (Å²) in [6.45, 7) is 2.85. The van der Waals surface area contributed by atoms with Crippen molar-refractivity contribution in [3.8, 4) is 17.6 Å². The predicted octanol–water partition coefficient (Wildman–Crippen LogP) is 3.93. The van der Waals surface area contributed by atoms with E-state index < -0.39 is 0 Å². The van der Waals surface area contributed by atoms with E-state index in [1.165, 1.54) is 0 Å². The lowest BCUT2D eigenvalue weighted by Gasteiger charge is -2.11. The fourth-order valence-electron chi connectivity index (χ4n) is 2.96. The van der Waals surface area contributed by atoms with Gasteiger partial charge < -0.3 is 14.0 Å². The van der Waals surface area contributed by atoms with E-state index in [1.807, 2.05) is 36.4 Å². The first-order chi connectivity index (χ1) is 12.2. The summed E-state index contributed by atoms with van der Waals surface area (Å²) in [5.74, 6) is 2.41. The van der Waals surface area contributed by atoms with E-state index in [0.717, 1.165) is 35.3 Å². The molecule has 1 heterocycles. The van der Waals surface area contributed by atoms with Gasteiger partial charge in [-0.2, -0.15) is 5.26 Å². The number of hydrogen-bond acceptors (Lipinski definition) is 4. The van der Waals surface area contributed by atoms with Crippen LogP contribution in [-0.4, -0.2) is 23.8 Å². The topological polar surface area (TPSA) is 60.1 Å². The van der Waals surface area contributed by atoms with Crippen molar-refractivity contribution >= 4 is 11.0 Å². The molecule has 0 fully saturated rings. The number of rotatable bonds is 6. The number of nitrogens with zero attached hydrogens (tertiary/aromatic N) is 3. The van der Waals surface area contributed by atoms with Crippen LogP contribution in [0.5, 0.6) is 11.5 Å². The first-order valence-electron chi connectivity index (χ1n) is 8.30. The van der Waals surface area contributed by atoms with Gasteiger partial charge in [0, 0.05) is 25.1 Å². The molecule has 5 heteroatoms. The SMILES string of the molecule is CCCc1nc2cc(OC)c(OC)cc2n1Cc1ccc(C#N)cc1. The van der Waals surface area contributed by atoms with Gasteiger partial charge in [0.2, 0.25) is 0 Å². The van der Waals surface area contributed by atoms with E-state index in [2.05, 4.69) is 17.6 Å². The van der Waals surface area contributed by atoms with Crippen LogP contribution >= 0.6 is 0 Å². The van der Waals surface area contributed by atoms with Crippen LogP contribution in [-0.2, 0) is 13.0 Å². The van der Waals surface area contributed by atoms with Gasteiger partial charge in [0.25, 0.3) is 0 Å². The van der Waals surface area contributed by atoms with Gasteiger partial charge in [-0.05, 0) is 24.1 Å². The van der Waals surface area contributed by atoms with Crippen LogP contribution in [0.1, 0.15) is 30.3 Å². The van der Waals surface area contributed by atoms with Crippen molar-refractivity contribution in [2.45, 2.75) is 26.3 Å². The Morgan fingerprint density at radius 3 is 2.36 bits per heavy atom. The average Bonchev–Trinajstić information content (AvgIpc) is 2.97. The molecular weight excluding hydrogens is 314 g/mol. The molecule has 0 aliphatic heterocycles. The van der Waals surface area contributed by atoms with Crippen LogP contribution in [0.15, 0.2) is 36.4 Å². The lowest BCUT2D eigenvalue weighted by Crippen LogP contribution is -2.05. The Bertz CT molecular complexity index is 921. The molecule has 0 aliphatic rings. The van der Waals surface area contributed by atoms with Crippen molar-refractivity contribution < 1.29 is 9.47 Å². The molecule has 5 nitrogen and oxygen atoms in total. The summed E-state index contributed by atoms with van der Waals surface area (Å²) >= 11 is 0. The second-order valence-electron chi connectivity index (χ2n) is 5.87. The van der Waals surface area contributed by atoms with Crippen LogP contribution in [0.3, 0.4) is 0 Å². The number of methoxy groups -OCH3 is 2. The van der Waals surface area contributed by atoms with E-state index in [-0.39, 0.29) is 0 Å². The van der Waals surface area contributed by atoms with Crippen molar-refractivity contribution in [3.63, 3.8) is 0 Å². The van der Waals surface area contributed by atoms with Gasteiger partial charge in [-0.1, -0.05) is 19.1 Å². The molecule has 3 aromatic rings. The molecule has 0 radical (unpaired) electrons. The summed E-state index contributed by atoms with van der Waals surface area (Å²) < 4.78 is 13.0. The van der Waals surface area contributed by atoms with Gasteiger partial charge in [0.05, 0.1) is 36.9 Å². The molecule has 128 valence electrons. The fourth-order valence-corrected chi connectivity index (χ4v) is 2.96. The molecule has 0 bridgehead atoms. The zero-order chi connectivity index (χ0) is 17.8. The van der Waals surface area contributed by atoms with Crippen LogP contribution in [0.25, 0.3) is 11.0 Å². The van der Waals surface area contributed by atoms with Crippen molar-refractivity contribution in [1.29, 1.82) is 5.26 Å². The maximum atomic E-state index is 8.96. The number of fused-ring (bicyclic) bond motifs is 1. The summed E-state index contributed by atoms with van der Waals surface area (Å²) in [6, 6.07) is 13.7. The Morgan fingerprint density at radius 2 is 1.76 bits per heavy atom. The van der Waals surface area contributed by atoms with Gasteiger partial charge >= 0.3 is 0 Å². The lowest BCUT2D eigenvalue weighted by atomic mass is 10.1. The molecule has 0 N–H and O–H groups in total. The van der Waals surface area contributed by atoms with Gasteiger partial charge in [-0.15, -0.1) is 0 Å². The van der Waals surface area contributed by atoms with Crippen molar-refractivity contribution in [2.24, 2.45) is 0 Å². The van der Waals surface area contributed by atoms with Crippen molar-refractivity contribution in [3.05, 3.63) is 53.3 Å². The van der Waals surface area contributed by atoms with Gasteiger partial charge in [-0.25, -0.2) is 4.98 Å². The zero-order valence-electron chi connectivity index (χ0n) is 14.7. The highest BCUT2D eigenvalue weighted by molar-refractivity contribution is 5.80. The second kappa shape index (κ2) is 7.27. The Balaban J connectivity index is 2.09. The summed E-state index contributed by atoms with van der Waals surface area (Å²) in [6.07, 6.45) is 1.92. The number of nitriles is 1. The third-order valence-corrected chi connectivity index (χ3v) is 4.23. The van der Waals surface area contributed by atoms with Crippen LogP contribution in [0.2, 0.25) is 0 Å². The first-order valence-corrected chi connectivity index (χ1v) is 8.30. The Hall–Kier alpha value is -3.00. The standard InChI is InChI=1S/C20H21N3O2/c1-4-5-20-22-16-10-18(24-2)19(25-3)11-17(16)23(20)13-15-8-6-14(12-21)7-9-15/h6-11H,4-5,13H2,1-3H3. The normalized spacial score (nSPS) is 10.6. The number of hydrogen-bond donors (Lipinski definition) is 0. The number of benzene rings is 2. The molecule has 0 unspecified atom stereocenters. The van der Waals surface area contributed by atoms with Crippen molar-refractivity contribution in [2.75, 3.05) is 14.2 Å². The smallest absolute Gasteiger partial charge is 0.163 e. The third-order valence-electron chi connectivity index (χ3n) is 4.23. The summed E-state index contributed by atoms with van der Waals surface area (Å²) in [5, 5.41) is 8.96. The minimum atomic E-state index is 0.666. The average molecular weight is 335 g/mol. The molecule has 0 saturated carbocycles. The Morgan fingerprint density at radius 1 is 1.08 bits per heavy atom. The second-order valence-corrected chi connectivity index (χ2v) is 5.87. The van der Waals surface area contributed by atoms with Gasteiger partial charge in [-0.3, -0.25) is 0 Å². The van der Waals surface area contributed by atoms with E-state index in [4.69, 9.17) is 19.7 Å². The fraction of sp³-hybridized carbons (Fsp3) is 0.300. The first kappa shape index (κ1) is 16.8. The number of aryl methyl sites for hydroxylation is 1. The molecule has 25 heavy (non-hydrogen) atoms. The molecule has 0 aliphatic carbocycles. The maximum Gasteiger partial charge on any atom is 0.163 e. The number of imidazole rings is 1. The molecule has 2 aromatic carbocycles. The van der Waals surface area contributed by atoms with Gasteiger partial charge in [0.15, 0.2) is 11.5 Å². The van der Waals surface area contributed by atoms with E-state index in [9.17, 15) is 0 Å². The van der Waals surface area contributed by atoms with Crippen LogP contribution in [0.4, 0.5) is 0 Å². The van der Waals surface area contributed by atoms with Crippen LogP contribution < -0.4 is 9.47 Å². The summed E-state index contributed by atoms with van der Waals surface area (Å²) in [4.78, 5) is 4.79. The Kier molecular flexibility index (Phi) is 4.90. The number of ether oxygens (including phenoxy) is 2. The highest BCUT2D eigenvalue weighted by Gasteiger charge is 2.15. The maximum absolute atomic E-state index is 8.96. The van der Waals surface area contributed by atoms with E-state index >= 15 is 0 Å². The van der Waals surface area contributed by atoms with E-state index in [1.54, 1.807) is 14.2 Å². The summed E-state index contributed by atoms with van der Waals surface area (Å²) in [5.41, 5.74) is 3.71. The molecule has 0 spiro atoms. The number of aromatic nitrogens is 2. The zero-order valence-corrected chi connectivity index (χ0v) is 14.7. The van der Waals surface area contributed by atoms with Crippen LogP contribution in [0, 0.1) is 11.3 Å². The monoisotopic (exact) mass is 335 g/mol. The minimum absolute atomic E-state index is 0.666. The third kappa shape index (κ3) is 3.29. The summed E-state index contributed by atoms with van der Waals surface area (Å²) in [7, 11) is 3.27. The minimum Gasteiger partial charge on any atom is -0.493 e. The molecule has 0 amide bonds. The highest BCUT2D eigenvalue weighted by atomic mass is 16.5. The van der Waals surface area contributed by atoms with Gasteiger partial charge in [0.1, 0.15) is 5.82 Å². The molecule has 1 aromatic heterocycles. The largest absolute Gasteiger partial charge is 0.493 e.